The Balaban J connectivity index is 0.00000548. The normalized spacial score (nSPS) is 13.0. The zero-order valence-corrected chi connectivity index (χ0v) is 41.3. The van der Waals surface area contributed by atoms with Gasteiger partial charge in [-0.3, -0.25) is 4.98 Å². The third-order valence-electron chi connectivity index (χ3n) is 12.4. The van der Waals surface area contributed by atoms with E-state index in [-0.39, 0.29) is 37.3 Å². The molecule has 0 radical (unpaired) electrons. The van der Waals surface area contributed by atoms with Crippen molar-refractivity contribution in [3.63, 3.8) is 0 Å². The zero-order chi connectivity index (χ0) is 45.3. The average Bonchev–Trinajstić information content (AvgIpc) is 3.85. The Bertz CT molecular complexity index is 3200. The number of ether oxygens (including phenoxy) is 1. The topological polar surface area (TPSA) is 46.4 Å². The Morgan fingerprint density at radius 2 is 1.24 bits per heavy atom. The van der Waals surface area contributed by atoms with Crippen molar-refractivity contribution >= 4 is 44.6 Å². The molecule has 0 fully saturated rings. The number of rotatable bonds is 7. The van der Waals surface area contributed by atoms with E-state index in [1.165, 1.54) is 22.3 Å². The Labute approximate surface area is 404 Å². The van der Waals surface area contributed by atoms with Gasteiger partial charge in [-0.25, -0.2) is 4.98 Å². The molecule has 1 aliphatic rings. The van der Waals surface area contributed by atoms with Crippen LogP contribution in [0.2, 0.25) is 0 Å². The fourth-order valence-corrected chi connectivity index (χ4v) is 8.74. The first-order chi connectivity index (χ1) is 31.1. The second kappa shape index (κ2) is 17.1. The van der Waals surface area contributed by atoms with Crippen molar-refractivity contribution < 1.29 is 25.8 Å². The number of benzene rings is 6. The van der Waals surface area contributed by atoms with E-state index in [2.05, 4.69) is 211 Å². The van der Waals surface area contributed by atoms with E-state index in [1.54, 1.807) is 0 Å². The van der Waals surface area contributed by atoms with Gasteiger partial charge in [-0.2, -0.15) is 12.1 Å². The quantitative estimate of drug-likeness (QED) is 0.149. The maximum absolute atomic E-state index is 6.73. The number of nitrogens with zero attached hydrogens (tertiary/aromatic N) is 5. The van der Waals surface area contributed by atoms with E-state index < -0.39 is 0 Å². The van der Waals surface area contributed by atoms with Gasteiger partial charge in [0.2, 0.25) is 0 Å². The van der Waals surface area contributed by atoms with Gasteiger partial charge in [0.25, 0.3) is 0 Å². The van der Waals surface area contributed by atoms with Crippen LogP contribution in [0, 0.1) is 18.8 Å². The summed E-state index contributed by atoms with van der Waals surface area (Å²) in [6, 6.07) is 58.6. The number of para-hydroxylation sites is 1. The van der Waals surface area contributed by atoms with Crippen molar-refractivity contribution in [3.8, 4) is 39.7 Å². The molecule has 0 aliphatic carbocycles. The largest absolute Gasteiger partial charge is 0.509 e. The maximum atomic E-state index is 6.73. The van der Waals surface area contributed by atoms with E-state index in [0.717, 1.165) is 67.2 Å². The molecule has 4 heterocycles. The molecule has 0 atom stereocenters. The SMILES string of the molecule is CC(C)(C)c1cc(N2[CH-]N(c3[c-]c(Oc4[c-]c5c(cc4)c4cc(-c6ccccc6)ccc4n5-c4cc(C(C)(C)C)ccn4)ccc3)c3cccc(-c4ccccn4)c32)cc(C(C)(C)C)c1.[Pt]. The summed E-state index contributed by atoms with van der Waals surface area (Å²) in [6.45, 7) is 22.6. The molecule has 6 nitrogen and oxygen atoms in total. The standard InChI is InChI=1S/C59H54N5O.Pt/c1-57(2,3)41-28-30-61-55(35-41)64-52-27-24-40(39-17-11-10-12-18-39)31-50(52)48-26-25-47(37-54(48)64)65-46-20-15-19-44(36-46)62-38-63(45-33-42(58(4,5)6)32-43(34-45)59(7,8)9)56-49(21-16-23-53(56)62)51-22-13-14-29-60-51;/h10-35,38H,1-9H3;/q-3;. The Morgan fingerprint density at radius 1 is 0.530 bits per heavy atom. The van der Waals surface area contributed by atoms with E-state index >= 15 is 0 Å². The molecule has 3 aromatic heterocycles. The van der Waals surface area contributed by atoms with Crippen molar-refractivity contribution in [3.05, 3.63) is 193 Å². The Kier molecular flexibility index (Phi) is 11.6. The third-order valence-corrected chi connectivity index (χ3v) is 12.4. The van der Waals surface area contributed by atoms with Crippen molar-refractivity contribution in [2.24, 2.45) is 0 Å². The molecule has 0 amide bonds. The average molecular weight is 1040 g/mol. The fraction of sp³-hybridized carbons (Fsp3) is 0.203. The summed E-state index contributed by atoms with van der Waals surface area (Å²) in [5, 5.41) is 2.20. The van der Waals surface area contributed by atoms with Crippen LogP contribution in [-0.4, -0.2) is 14.5 Å². The smallest absolute Gasteiger partial charge is 0.135 e. The van der Waals surface area contributed by atoms with E-state index in [4.69, 9.17) is 14.7 Å². The molecule has 0 unspecified atom stereocenters. The molecule has 0 bridgehead atoms. The van der Waals surface area contributed by atoms with Gasteiger partial charge in [0.1, 0.15) is 5.82 Å². The van der Waals surface area contributed by atoms with Gasteiger partial charge in [-0.15, -0.1) is 48.1 Å². The molecular formula is C59H54N5OPt-3. The van der Waals surface area contributed by atoms with Gasteiger partial charge in [0.15, 0.2) is 0 Å². The number of hydrogen-bond acceptors (Lipinski definition) is 5. The van der Waals surface area contributed by atoms with E-state index in [9.17, 15) is 0 Å². The molecule has 0 saturated carbocycles. The molecule has 6 aromatic carbocycles. The van der Waals surface area contributed by atoms with Gasteiger partial charge >= 0.3 is 0 Å². The minimum absolute atomic E-state index is 0. The number of fused-ring (bicyclic) bond motifs is 4. The number of aromatic nitrogens is 3. The van der Waals surface area contributed by atoms with Crippen LogP contribution >= 0.6 is 0 Å². The van der Waals surface area contributed by atoms with Crippen LogP contribution in [0.25, 0.3) is 50.0 Å². The molecule has 334 valence electrons. The minimum Gasteiger partial charge on any atom is -0.509 e. The summed E-state index contributed by atoms with van der Waals surface area (Å²) in [5.74, 6) is 2.01. The molecule has 7 heteroatoms. The summed E-state index contributed by atoms with van der Waals surface area (Å²) in [4.78, 5) is 14.3. The minimum atomic E-state index is -0.0509. The predicted octanol–water partition coefficient (Wildman–Crippen LogP) is 15.6. The number of hydrogen-bond donors (Lipinski definition) is 0. The molecule has 0 N–H and O–H groups in total. The van der Waals surface area contributed by atoms with Crippen LogP contribution in [0.4, 0.5) is 22.7 Å². The van der Waals surface area contributed by atoms with Gasteiger partial charge in [-0.1, -0.05) is 135 Å². The molecule has 0 saturated heterocycles. The first-order valence-corrected chi connectivity index (χ1v) is 22.5. The van der Waals surface area contributed by atoms with Crippen molar-refractivity contribution in [1.29, 1.82) is 0 Å². The number of anilines is 4. The zero-order valence-electron chi connectivity index (χ0n) is 39.0. The van der Waals surface area contributed by atoms with Crippen molar-refractivity contribution in [2.75, 3.05) is 9.80 Å². The monoisotopic (exact) mass is 1040 g/mol. The van der Waals surface area contributed by atoms with Crippen LogP contribution in [-0.2, 0) is 37.3 Å². The molecule has 10 rings (SSSR count). The first kappa shape index (κ1) is 44.7. The Hall–Kier alpha value is -6.49. The van der Waals surface area contributed by atoms with Crippen LogP contribution in [0.15, 0.2) is 158 Å². The molecule has 9 aromatic rings. The van der Waals surface area contributed by atoms with Crippen LogP contribution < -0.4 is 14.5 Å². The molecular weight excluding hydrogens is 990 g/mol. The van der Waals surface area contributed by atoms with Gasteiger partial charge in [-0.05, 0) is 98.0 Å². The van der Waals surface area contributed by atoms with E-state index in [0.29, 0.717) is 11.5 Å². The molecule has 66 heavy (non-hydrogen) atoms. The second-order valence-electron chi connectivity index (χ2n) is 20.2. The molecule has 1 aliphatic heterocycles. The van der Waals surface area contributed by atoms with Gasteiger partial charge < -0.3 is 19.1 Å². The van der Waals surface area contributed by atoms with Crippen LogP contribution in [0.3, 0.4) is 0 Å². The Morgan fingerprint density at radius 3 is 1.95 bits per heavy atom. The van der Waals surface area contributed by atoms with Crippen LogP contribution in [0.1, 0.15) is 79.0 Å². The predicted molar refractivity (Wildman–Crippen MR) is 269 cm³/mol. The summed E-state index contributed by atoms with van der Waals surface area (Å²) in [5.41, 5.74) is 13.9. The summed E-state index contributed by atoms with van der Waals surface area (Å²) < 4.78 is 8.95. The van der Waals surface area contributed by atoms with E-state index in [1.807, 2.05) is 42.7 Å². The first-order valence-electron chi connectivity index (χ1n) is 22.5. The summed E-state index contributed by atoms with van der Waals surface area (Å²) >= 11 is 0. The summed E-state index contributed by atoms with van der Waals surface area (Å²) in [6.07, 6.45) is 3.77. The van der Waals surface area contributed by atoms with Crippen molar-refractivity contribution in [1.82, 2.24) is 14.5 Å². The third kappa shape index (κ3) is 8.44. The second-order valence-corrected chi connectivity index (χ2v) is 20.2. The van der Waals surface area contributed by atoms with Crippen LogP contribution in [0.5, 0.6) is 11.5 Å². The van der Waals surface area contributed by atoms with Gasteiger partial charge in [0.05, 0.1) is 5.69 Å². The van der Waals surface area contributed by atoms with Gasteiger partial charge in [0, 0.05) is 73.1 Å². The number of pyridine rings is 2. The fourth-order valence-electron chi connectivity index (χ4n) is 8.74. The van der Waals surface area contributed by atoms with Crippen molar-refractivity contribution in [2.45, 2.75) is 78.6 Å². The summed E-state index contributed by atoms with van der Waals surface area (Å²) in [7, 11) is 0. The maximum Gasteiger partial charge on any atom is 0.135 e. The molecule has 0 spiro atoms.